The van der Waals surface area contributed by atoms with Gasteiger partial charge in [-0.1, -0.05) is 30.3 Å². The monoisotopic (exact) mass is 571 g/mol. The van der Waals surface area contributed by atoms with Crippen molar-refractivity contribution in [3.05, 3.63) is 127 Å². The zero-order chi connectivity index (χ0) is 29.8. The Balaban J connectivity index is 0.000000136. The van der Waals surface area contributed by atoms with E-state index in [2.05, 4.69) is 9.97 Å². The highest BCUT2D eigenvalue weighted by atomic mass is 16.4. The molecule has 0 atom stereocenters. The van der Waals surface area contributed by atoms with Gasteiger partial charge in [0.1, 0.15) is 11.5 Å². The quantitative estimate of drug-likeness (QED) is 0.208. The van der Waals surface area contributed by atoms with Crippen LogP contribution in [0, 0.1) is 6.92 Å². The molecule has 0 aliphatic heterocycles. The van der Waals surface area contributed by atoms with Crippen molar-refractivity contribution in [3.8, 4) is 11.5 Å². The van der Waals surface area contributed by atoms with Gasteiger partial charge in [0.15, 0.2) is 16.7 Å². The molecule has 12 nitrogen and oxygen atoms in total. The molecule has 42 heavy (non-hydrogen) atoms. The summed E-state index contributed by atoms with van der Waals surface area (Å²) in [6.07, 6.45) is 0. The van der Waals surface area contributed by atoms with E-state index < -0.39 is 17.3 Å². The van der Waals surface area contributed by atoms with Gasteiger partial charge in [0.25, 0.3) is 0 Å². The Morgan fingerprint density at radius 2 is 1.26 bits per heavy atom. The van der Waals surface area contributed by atoms with E-state index in [1.54, 1.807) is 18.2 Å². The smallest absolute Gasteiger partial charge is 0.420 e. The van der Waals surface area contributed by atoms with Gasteiger partial charge < -0.3 is 28.6 Å². The Morgan fingerprint density at radius 1 is 0.690 bits per heavy atom. The number of nitrogens with one attached hydrogen (secondary N) is 2. The molecule has 0 fully saturated rings. The fraction of sp³-hybridized carbons (Fsp3) is 0.100. The number of rotatable bonds is 3. The third-order valence-corrected chi connectivity index (χ3v) is 6.25. The number of aromatic hydroxyl groups is 2. The normalized spacial score (nSPS) is 10.8. The van der Waals surface area contributed by atoms with Crippen LogP contribution in [-0.2, 0) is 13.2 Å². The van der Waals surface area contributed by atoms with Crippen molar-refractivity contribution in [1.29, 1.82) is 0 Å². The van der Waals surface area contributed by atoms with E-state index in [-0.39, 0.29) is 24.7 Å². The molecule has 0 aliphatic carbocycles. The Labute approximate surface area is 235 Å². The van der Waals surface area contributed by atoms with Crippen LogP contribution in [0.15, 0.2) is 106 Å². The van der Waals surface area contributed by atoms with Gasteiger partial charge in [0.05, 0.1) is 29.7 Å². The molecular weight excluding hydrogens is 546 g/mol. The summed E-state index contributed by atoms with van der Waals surface area (Å²) in [5, 5.41) is 27.8. The Hall–Kier alpha value is -5.75. The zero-order valence-electron chi connectivity index (χ0n) is 22.2. The highest BCUT2D eigenvalue weighted by Gasteiger charge is 2.12. The van der Waals surface area contributed by atoms with Gasteiger partial charge >= 0.3 is 17.3 Å². The highest BCUT2D eigenvalue weighted by molar-refractivity contribution is 5.75. The number of benzene rings is 4. The van der Waals surface area contributed by atoms with E-state index in [9.17, 15) is 24.6 Å². The second-order valence-corrected chi connectivity index (χ2v) is 9.24. The second-order valence-electron chi connectivity index (χ2n) is 9.24. The van der Waals surface area contributed by atoms with E-state index in [4.69, 9.17) is 18.4 Å². The minimum atomic E-state index is -0.509. The van der Waals surface area contributed by atoms with Crippen LogP contribution in [0.5, 0.6) is 11.5 Å². The third kappa shape index (κ3) is 6.18. The van der Waals surface area contributed by atoms with Gasteiger partial charge in [-0.15, -0.1) is 0 Å². The fourth-order valence-corrected chi connectivity index (χ4v) is 4.24. The number of fused-ring (bicyclic) bond motifs is 3. The van der Waals surface area contributed by atoms with Crippen LogP contribution in [0.1, 0.15) is 16.7 Å². The number of aromatic amines is 2. The number of nitrogens with zero attached hydrogens (tertiary/aromatic N) is 1. The van der Waals surface area contributed by atoms with Gasteiger partial charge in [-0.25, -0.2) is 14.4 Å². The maximum atomic E-state index is 11.9. The predicted molar refractivity (Wildman–Crippen MR) is 154 cm³/mol. The van der Waals surface area contributed by atoms with Crippen LogP contribution in [-0.4, -0.2) is 29.9 Å². The van der Waals surface area contributed by atoms with E-state index in [1.165, 1.54) is 34.9 Å². The zero-order valence-corrected chi connectivity index (χ0v) is 22.2. The van der Waals surface area contributed by atoms with Crippen molar-refractivity contribution in [2.45, 2.75) is 20.1 Å². The summed E-state index contributed by atoms with van der Waals surface area (Å²) < 4.78 is 16.1. The second kappa shape index (κ2) is 11.8. The van der Waals surface area contributed by atoms with E-state index in [0.29, 0.717) is 27.8 Å². The Morgan fingerprint density at radius 3 is 1.93 bits per heavy atom. The predicted octanol–water partition coefficient (Wildman–Crippen LogP) is 4.10. The third-order valence-electron chi connectivity index (χ3n) is 6.25. The van der Waals surface area contributed by atoms with Crippen LogP contribution in [0.2, 0.25) is 0 Å². The molecule has 0 unspecified atom stereocenters. The number of aryl methyl sites for hydroxylation is 1. The number of oxazole rings is 3. The maximum Gasteiger partial charge on any atom is 0.420 e. The van der Waals surface area contributed by atoms with Gasteiger partial charge in [0.2, 0.25) is 0 Å². The molecule has 0 bridgehead atoms. The lowest BCUT2D eigenvalue weighted by Gasteiger charge is -2.07. The molecule has 4 aromatic carbocycles. The molecule has 0 aliphatic rings. The van der Waals surface area contributed by atoms with E-state index in [0.717, 1.165) is 22.2 Å². The van der Waals surface area contributed by atoms with E-state index >= 15 is 0 Å². The first-order valence-electron chi connectivity index (χ1n) is 12.6. The largest absolute Gasteiger partial charge is 0.508 e. The molecule has 5 N–H and O–H groups in total. The number of hydrogen-bond donors (Lipinski definition) is 5. The summed E-state index contributed by atoms with van der Waals surface area (Å²) in [6, 6.07) is 21.8. The molecular formula is C30H25N3O9. The number of hydrogen-bond acceptors (Lipinski definition) is 9. The molecule has 0 saturated heterocycles. The van der Waals surface area contributed by atoms with Crippen molar-refractivity contribution in [3.63, 3.8) is 0 Å². The minimum absolute atomic E-state index is 0.0718. The van der Waals surface area contributed by atoms with Crippen molar-refractivity contribution in [1.82, 2.24) is 14.5 Å². The number of aliphatic hydroxyl groups excluding tert-OH is 1. The number of phenols is 2. The van der Waals surface area contributed by atoms with Crippen molar-refractivity contribution >= 4 is 33.3 Å². The molecule has 7 aromatic rings. The van der Waals surface area contributed by atoms with E-state index in [1.807, 2.05) is 37.3 Å². The molecule has 3 aromatic heterocycles. The molecule has 7 rings (SSSR count). The molecule has 12 heteroatoms. The van der Waals surface area contributed by atoms with Crippen LogP contribution in [0.4, 0.5) is 0 Å². The fourth-order valence-electron chi connectivity index (χ4n) is 4.24. The molecule has 0 amide bonds. The minimum Gasteiger partial charge on any atom is -0.508 e. The summed E-state index contributed by atoms with van der Waals surface area (Å²) in [7, 11) is 0. The summed E-state index contributed by atoms with van der Waals surface area (Å²) >= 11 is 0. The Kier molecular flexibility index (Phi) is 7.80. The number of phenolic OH excluding ortho intramolecular Hbond substituents is 2. The first kappa shape index (κ1) is 27.8. The summed E-state index contributed by atoms with van der Waals surface area (Å²) in [6.45, 7) is 2.16. The number of aliphatic hydroxyl groups is 1. The average molecular weight is 572 g/mol. The van der Waals surface area contributed by atoms with Gasteiger partial charge in [-0.3, -0.25) is 14.5 Å². The maximum absolute atomic E-state index is 11.9. The summed E-state index contributed by atoms with van der Waals surface area (Å²) in [5.41, 5.74) is 5.99. The lowest BCUT2D eigenvalue weighted by molar-refractivity contribution is 0.280. The van der Waals surface area contributed by atoms with Crippen molar-refractivity contribution in [2.75, 3.05) is 0 Å². The van der Waals surface area contributed by atoms with Crippen LogP contribution < -0.4 is 17.3 Å². The first-order valence-corrected chi connectivity index (χ1v) is 12.6. The first-order chi connectivity index (χ1) is 20.2. The molecule has 214 valence electrons. The standard InChI is InChI=1S/C15H13NO4.C8H7NO2.C7H5NO3/c17-9-11-4-2-1-3-10(11)8-16-13-7-12(18)5-6-14(13)20-15(16)19;1-5-2-3-7-6(4-5)9-8(10)11-7;9-4-1-2-6-5(3-4)8-7(10)11-6/h1-7,17-18H,8-9H2;2-4H,1H3,(H,9,10);1-3,9H,(H,8,10). The van der Waals surface area contributed by atoms with Gasteiger partial charge in [0, 0.05) is 12.1 Å². The Bertz CT molecular complexity index is 2090. The number of H-pyrrole nitrogens is 2. The highest BCUT2D eigenvalue weighted by Crippen LogP contribution is 2.21. The molecule has 3 heterocycles. The summed E-state index contributed by atoms with van der Waals surface area (Å²) in [4.78, 5) is 38.2. The van der Waals surface area contributed by atoms with Crippen LogP contribution >= 0.6 is 0 Å². The van der Waals surface area contributed by atoms with Crippen molar-refractivity contribution in [2.24, 2.45) is 0 Å². The van der Waals surface area contributed by atoms with Crippen LogP contribution in [0.25, 0.3) is 33.3 Å². The lowest BCUT2D eigenvalue weighted by atomic mass is 10.1. The molecule has 0 saturated carbocycles. The summed E-state index contributed by atoms with van der Waals surface area (Å²) in [5.74, 6) is -1.22. The van der Waals surface area contributed by atoms with Gasteiger partial charge in [-0.2, -0.15) is 0 Å². The average Bonchev–Trinajstić information content (AvgIpc) is 3.62. The SMILES string of the molecule is Cc1ccc2oc(=O)[nH]c2c1.O=c1[nH]c2cc(O)ccc2o1.O=c1oc2ccc(O)cc2n1Cc1ccccc1CO. The lowest BCUT2D eigenvalue weighted by Crippen LogP contribution is -2.15. The van der Waals surface area contributed by atoms with Crippen molar-refractivity contribution < 1.29 is 28.6 Å². The number of aromatic nitrogens is 3. The molecule has 0 radical (unpaired) electrons. The molecule has 0 spiro atoms. The van der Waals surface area contributed by atoms with Crippen LogP contribution in [0.3, 0.4) is 0 Å². The van der Waals surface area contributed by atoms with Gasteiger partial charge in [-0.05, 0) is 60.0 Å². The topological polar surface area (TPSA) is 188 Å².